The third kappa shape index (κ3) is 4.71. The summed E-state index contributed by atoms with van der Waals surface area (Å²) in [7, 11) is 0. The lowest BCUT2D eigenvalue weighted by molar-refractivity contribution is -0.119. The van der Waals surface area contributed by atoms with Crippen LogP contribution in [0.1, 0.15) is 24.1 Å². The van der Waals surface area contributed by atoms with Crippen LogP contribution in [0.2, 0.25) is 0 Å². The van der Waals surface area contributed by atoms with E-state index in [9.17, 15) is 4.79 Å². The van der Waals surface area contributed by atoms with Gasteiger partial charge in [-0.1, -0.05) is 66.4 Å². The molecule has 1 aromatic heterocycles. The van der Waals surface area contributed by atoms with Gasteiger partial charge in [-0.2, -0.15) is 0 Å². The maximum atomic E-state index is 12.2. The van der Waals surface area contributed by atoms with Crippen molar-refractivity contribution in [3.05, 3.63) is 71.1 Å². The van der Waals surface area contributed by atoms with Gasteiger partial charge in [0, 0.05) is 10.9 Å². The molecule has 0 spiro atoms. The Morgan fingerprint density at radius 1 is 1.16 bits per heavy atom. The average molecular weight is 369 g/mol. The van der Waals surface area contributed by atoms with Gasteiger partial charge < -0.3 is 5.32 Å². The molecule has 0 aliphatic heterocycles. The molecule has 1 atom stereocenters. The minimum Gasteiger partial charge on any atom is -0.349 e. The predicted octanol–water partition coefficient (Wildman–Crippen LogP) is 5.09. The monoisotopic (exact) mass is 368 g/mol. The fourth-order valence-corrected chi connectivity index (χ4v) is 4.27. The fourth-order valence-electron chi connectivity index (χ4n) is 2.63. The van der Waals surface area contributed by atoms with E-state index in [2.05, 4.69) is 29.4 Å². The summed E-state index contributed by atoms with van der Waals surface area (Å²) in [6.07, 6.45) is 0. The second-order valence-electron chi connectivity index (χ2n) is 5.80. The van der Waals surface area contributed by atoms with E-state index < -0.39 is 0 Å². The first-order valence-corrected chi connectivity index (χ1v) is 9.98. The van der Waals surface area contributed by atoms with Crippen molar-refractivity contribution < 1.29 is 4.79 Å². The van der Waals surface area contributed by atoms with Crippen molar-refractivity contribution in [2.75, 3.05) is 5.75 Å². The minimum atomic E-state index is 0.00507. The number of hydrogen-bond acceptors (Lipinski definition) is 4. The fraction of sp³-hybridized carbons (Fsp3) is 0.200. The Labute approximate surface area is 156 Å². The molecular weight excluding hydrogens is 348 g/mol. The molecule has 5 heteroatoms. The molecule has 2 aromatic carbocycles. The van der Waals surface area contributed by atoms with Gasteiger partial charge in [-0.3, -0.25) is 4.79 Å². The van der Waals surface area contributed by atoms with E-state index in [1.165, 1.54) is 17.3 Å². The SMILES string of the molecule is Cc1ccccc1C(C)NC(=O)CSc1nc(-c2ccccc2)cs1. The summed E-state index contributed by atoms with van der Waals surface area (Å²) in [5.41, 5.74) is 4.40. The van der Waals surface area contributed by atoms with E-state index in [-0.39, 0.29) is 11.9 Å². The molecule has 0 radical (unpaired) electrons. The Bertz CT molecular complexity index is 846. The van der Waals surface area contributed by atoms with Crippen LogP contribution in [0.15, 0.2) is 64.3 Å². The number of rotatable bonds is 6. The molecule has 0 bridgehead atoms. The predicted molar refractivity (Wildman–Crippen MR) is 106 cm³/mol. The van der Waals surface area contributed by atoms with Crippen molar-refractivity contribution in [1.82, 2.24) is 10.3 Å². The zero-order valence-corrected chi connectivity index (χ0v) is 15.9. The normalized spacial score (nSPS) is 11.9. The molecular formula is C20H20N2OS2. The Hall–Kier alpha value is -2.11. The second kappa shape index (κ2) is 8.32. The van der Waals surface area contributed by atoms with E-state index in [1.807, 2.05) is 54.8 Å². The highest BCUT2D eigenvalue weighted by atomic mass is 32.2. The molecule has 3 nitrogen and oxygen atoms in total. The van der Waals surface area contributed by atoms with Gasteiger partial charge in [0.2, 0.25) is 5.91 Å². The summed E-state index contributed by atoms with van der Waals surface area (Å²) in [5, 5.41) is 5.10. The number of carbonyl (C=O) groups excluding carboxylic acids is 1. The van der Waals surface area contributed by atoms with Crippen LogP contribution >= 0.6 is 23.1 Å². The third-order valence-corrected chi connectivity index (χ3v) is 5.93. The largest absolute Gasteiger partial charge is 0.349 e. The van der Waals surface area contributed by atoms with Crippen molar-refractivity contribution in [3.8, 4) is 11.3 Å². The quantitative estimate of drug-likeness (QED) is 0.616. The zero-order chi connectivity index (χ0) is 17.6. The minimum absolute atomic E-state index is 0.00507. The standard InChI is InChI=1S/C20H20N2OS2/c1-14-8-6-7-11-17(14)15(2)21-19(23)13-25-20-22-18(12-24-20)16-9-4-3-5-10-16/h3-12,15H,13H2,1-2H3,(H,21,23). The molecule has 1 unspecified atom stereocenters. The lowest BCUT2D eigenvalue weighted by atomic mass is 10.0. The third-order valence-electron chi connectivity index (χ3n) is 3.91. The average Bonchev–Trinajstić information content (AvgIpc) is 3.10. The van der Waals surface area contributed by atoms with Crippen LogP contribution in [0.3, 0.4) is 0 Å². The maximum Gasteiger partial charge on any atom is 0.230 e. The van der Waals surface area contributed by atoms with E-state index >= 15 is 0 Å². The summed E-state index contributed by atoms with van der Waals surface area (Å²) in [6, 6.07) is 18.2. The lowest BCUT2D eigenvalue weighted by Crippen LogP contribution is -2.28. The molecule has 0 saturated carbocycles. The molecule has 0 aliphatic carbocycles. The molecule has 3 rings (SSSR count). The van der Waals surface area contributed by atoms with Crippen molar-refractivity contribution >= 4 is 29.0 Å². The summed E-state index contributed by atoms with van der Waals surface area (Å²) in [5.74, 6) is 0.398. The molecule has 128 valence electrons. The van der Waals surface area contributed by atoms with E-state index in [4.69, 9.17) is 0 Å². The highest BCUT2D eigenvalue weighted by Crippen LogP contribution is 2.28. The van der Waals surface area contributed by atoms with Crippen molar-refractivity contribution in [2.45, 2.75) is 24.2 Å². The molecule has 1 amide bonds. The molecule has 1 N–H and O–H groups in total. The highest BCUT2D eigenvalue weighted by molar-refractivity contribution is 8.01. The molecule has 0 fully saturated rings. The van der Waals surface area contributed by atoms with E-state index in [0.717, 1.165) is 21.2 Å². The molecule has 3 aromatic rings. The Morgan fingerprint density at radius 3 is 2.64 bits per heavy atom. The summed E-state index contributed by atoms with van der Waals surface area (Å²) in [4.78, 5) is 16.8. The van der Waals surface area contributed by atoms with Crippen molar-refractivity contribution in [1.29, 1.82) is 0 Å². The lowest BCUT2D eigenvalue weighted by Gasteiger charge is -2.16. The van der Waals surface area contributed by atoms with Crippen LogP contribution in [0, 0.1) is 6.92 Å². The van der Waals surface area contributed by atoms with Gasteiger partial charge in [0.05, 0.1) is 17.5 Å². The first kappa shape index (κ1) is 17.7. The number of thiazole rings is 1. The van der Waals surface area contributed by atoms with E-state index in [0.29, 0.717) is 5.75 Å². The first-order valence-electron chi connectivity index (χ1n) is 8.12. The van der Waals surface area contributed by atoms with Gasteiger partial charge >= 0.3 is 0 Å². The first-order chi connectivity index (χ1) is 12.1. The van der Waals surface area contributed by atoms with Gasteiger partial charge in [0.25, 0.3) is 0 Å². The number of nitrogens with zero attached hydrogens (tertiary/aromatic N) is 1. The molecule has 0 aliphatic rings. The van der Waals surface area contributed by atoms with Crippen LogP contribution in [0.5, 0.6) is 0 Å². The topological polar surface area (TPSA) is 42.0 Å². The Balaban J connectivity index is 1.54. The van der Waals surface area contributed by atoms with Crippen LogP contribution in [-0.2, 0) is 4.79 Å². The molecule has 25 heavy (non-hydrogen) atoms. The Morgan fingerprint density at radius 2 is 1.88 bits per heavy atom. The Kier molecular flexibility index (Phi) is 5.89. The van der Waals surface area contributed by atoms with Gasteiger partial charge in [-0.05, 0) is 25.0 Å². The molecule has 1 heterocycles. The van der Waals surface area contributed by atoms with Crippen LogP contribution in [-0.4, -0.2) is 16.6 Å². The van der Waals surface area contributed by atoms with Crippen LogP contribution in [0.4, 0.5) is 0 Å². The number of thioether (sulfide) groups is 1. The van der Waals surface area contributed by atoms with Crippen molar-refractivity contribution in [3.63, 3.8) is 0 Å². The summed E-state index contributed by atoms with van der Waals surface area (Å²) in [6.45, 7) is 4.08. The maximum absolute atomic E-state index is 12.2. The number of benzene rings is 2. The number of amides is 1. The number of hydrogen-bond donors (Lipinski definition) is 1. The summed E-state index contributed by atoms with van der Waals surface area (Å²) >= 11 is 3.06. The van der Waals surface area contributed by atoms with E-state index in [1.54, 1.807) is 11.3 Å². The molecule has 0 saturated heterocycles. The summed E-state index contributed by atoms with van der Waals surface area (Å²) < 4.78 is 0.914. The van der Waals surface area contributed by atoms with Gasteiger partial charge in [0.15, 0.2) is 4.34 Å². The zero-order valence-electron chi connectivity index (χ0n) is 14.2. The number of nitrogens with one attached hydrogen (secondary N) is 1. The number of aryl methyl sites for hydroxylation is 1. The number of carbonyl (C=O) groups is 1. The number of aromatic nitrogens is 1. The smallest absolute Gasteiger partial charge is 0.230 e. The van der Waals surface area contributed by atoms with Gasteiger partial charge in [0.1, 0.15) is 0 Å². The van der Waals surface area contributed by atoms with Crippen molar-refractivity contribution in [2.24, 2.45) is 0 Å². The highest BCUT2D eigenvalue weighted by Gasteiger charge is 2.13. The van der Waals surface area contributed by atoms with Crippen LogP contribution in [0.25, 0.3) is 11.3 Å². The van der Waals surface area contributed by atoms with Gasteiger partial charge in [-0.25, -0.2) is 4.98 Å². The van der Waals surface area contributed by atoms with Crippen LogP contribution < -0.4 is 5.32 Å². The van der Waals surface area contributed by atoms with Gasteiger partial charge in [-0.15, -0.1) is 11.3 Å². The second-order valence-corrected chi connectivity index (χ2v) is 7.88.